The standard InChI is InChI=1S/C19H20FNO4S/c1-12-8-13(4-6-15(12)20)16(22)10-26-11-19(23)21-14-5-7-17(24-2)18(9-14)25-3/h4-9H,10-11H2,1-3H3,(H,21,23). The fraction of sp³-hybridized carbons (Fsp3) is 0.263. The number of benzene rings is 2. The number of amides is 1. The Morgan fingerprint density at radius 2 is 1.77 bits per heavy atom. The van der Waals surface area contributed by atoms with Gasteiger partial charge in [0.25, 0.3) is 0 Å². The van der Waals surface area contributed by atoms with Gasteiger partial charge in [0.05, 0.1) is 25.7 Å². The molecular formula is C19H20FNO4S. The second-order valence-electron chi connectivity index (χ2n) is 5.50. The summed E-state index contributed by atoms with van der Waals surface area (Å²) in [6.45, 7) is 1.61. The van der Waals surface area contributed by atoms with Crippen molar-refractivity contribution < 1.29 is 23.5 Å². The predicted molar refractivity (Wildman–Crippen MR) is 101 cm³/mol. The number of halogens is 1. The molecule has 2 aromatic carbocycles. The Labute approximate surface area is 155 Å². The van der Waals surface area contributed by atoms with Gasteiger partial charge in [-0.05, 0) is 42.8 Å². The number of rotatable bonds is 8. The minimum atomic E-state index is -0.344. The lowest BCUT2D eigenvalue weighted by atomic mass is 10.1. The first-order valence-corrected chi connectivity index (χ1v) is 8.99. The van der Waals surface area contributed by atoms with Crippen LogP contribution in [-0.2, 0) is 4.79 Å². The number of ketones is 1. The van der Waals surface area contributed by atoms with E-state index in [0.717, 1.165) is 0 Å². The van der Waals surface area contributed by atoms with Crippen molar-refractivity contribution in [3.05, 3.63) is 53.3 Å². The van der Waals surface area contributed by atoms with Gasteiger partial charge in [-0.3, -0.25) is 9.59 Å². The Balaban J connectivity index is 1.85. The summed E-state index contributed by atoms with van der Waals surface area (Å²) in [5.41, 5.74) is 1.44. The van der Waals surface area contributed by atoms with Crippen LogP contribution in [0, 0.1) is 12.7 Å². The molecule has 0 spiro atoms. The molecule has 1 N–H and O–H groups in total. The number of hydrogen-bond donors (Lipinski definition) is 1. The number of carbonyl (C=O) groups is 2. The predicted octanol–water partition coefficient (Wildman–Crippen LogP) is 3.71. The molecule has 2 rings (SSSR count). The fourth-order valence-electron chi connectivity index (χ4n) is 2.25. The van der Waals surface area contributed by atoms with Crippen LogP contribution in [0.4, 0.5) is 10.1 Å². The molecule has 0 aliphatic rings. The van der Waals surface area contributed by atoms with Gasteiger partial charge in [-0.2, -0.15) is 0 Å². The van der Waals surface area contributed by atoms with Crippen molar-refractivity contribution in [1.82, 2.24) is 0 Å². The number of carbonyl (C=O) groups excluding carboxylic acids is 2. The smallest absolute Gasteiger partial charge is 0.234 e. The highest BCUT2D eigenvalue weighted by molar-refractivity contribution is 8.00. The van der Waals surface area contributed by atoms with E-state index in [1.807, 2.05) is 0 Å². The topological polar surface area (TPSA) is 64.6 Å². The van der Waals surface area contributed by atoms with Crippen LogP contribution >= 0.6 is 11.8 Å². The van der Waals surface area contributed by atoms with Crippen LogP contribution in [0.15, 0.2) is 36.4 Å². The lowest BCUT2D eigenvalue weighted by Gasteiger charge is -2.10. The van der Waals surface area contributed by atoms with Gasteiger partial charge in [-0.1, -0.05) is 0 Å². The number of Topliss-reactive ketones (excluding diaryl/α,β-unsaturated/α-hetero) is 1. The molecule has 7 heteroatoms. The van der Waals surface area contributed by atoms with Crippen molar-refractivity contribution in [1.29, 1.82) is 0 Å². The van der Waals surface area contributed by atoms with Gasteiger partial charge < -0.3 is 14.8 Å². The molecule has 0 atom stereocenters. The number of aryl methyl sites for hydroxylation is 1. The first-order chi connectivity index (χ1) is 12.4. The largest absolute Gasteiger partial charge is 0.493 e. The SMILES string of the molecule is COc1ccc(NC(=O)CSCC(=O)c2ccc(F)c(C)c2)cc1OC. The molecule has 0 saturated carbocycles. The van der Waals surface area contributed by atoms with Crippen LogP contribution in [0.3, 0.4) is 0 Å². The number of methoxy groups -OCH3 is 2. The van der Waals surface area contributed by atoms with Crippen molar-refractivity contribution in [2.75, 3.05) is 31.0 Å². The zero-order valence-electron chi connectivity index (χ0n) is 14.8. The van der Waals surface area contributed by atoms with Gasteiger partial charge in [0.1, 0.15) is 5.82 Å². The minimum absolute atomic E-state index is 0.125. The van der Waals surface area contributed by atoms with Crippen LogP contribution in [0.2, 0.25) is 0 Å². The van der Waals surface area contributed by atoms with Crippen molar-refractivity contribution in [3.63, 3.8) is 0 Å². The summed E-state index contributed by atoms with van der Waals surface area (Å²) in [4.78, 5) is 24.1. The molecule has 0 aromatic heterocycles. The van der Waals surface area contributed by atoms with Gasteiger partial charge in [0.2, 0.25) is 5.91 Å². The molecule has 0 bridgehead atoms. The molecule has 0 aliphatic heterocycles. The molecule has 138 valence electrons. The summed E-state index contributed by atoms with van der Waals surface area (Å²) in [5, 5.41) is 2.74. The highest BCUT2D eigenvalue weighted by Crippen LogP contribution is 2.29. The zero-order chi connectivity index (χ0) is 19.1. The highest BCUT2D eigenvalue weighted by atomic mass is 32.2. The monoisotopic (exact) mass is 377 g/mol. The summed E-state index contributed by atoms with van der Waals surface area (Å²) < 4.78 is 23.6. The Bertz CT molecular complexity index is 810. The van der Waals surface area contributed by atoms with Crippen molar-refractivity contribution in [3.8, 4) is 11.5 Å². The lowest BCUT2D eigenvalue weighted by Crippen LogP contribution is -2.15. The summed E-state index contributed by atoms with van der Waals surface area (Å²) in [6.07, 6.45) is 0. The van der Waals surface area contributed by atoms with Crippen LogP contribution < -0.4 is 14.8 Å². The summed E-state index contributed by atoms with van der Waals surface area (Å²) >= 11 is 1.20. The fourth-order valence-corrected chi connectivity index (χ4v) is 2.96. The van der Waals surface area contributed by atoms with E-state index in [1.54, 1.807) is 25.1 Å². The molecule has 0 saturated heterocycles. The van der Waals surface area contributed by atoms with Crippen molar-refractivity contribution >= 4 is 29.1 Å². The van der Waals surface area contributed by atoms with E-state index < -0.39 is 0 Å². The molecule has 0 radical (unpaired) electrons. The van der Waals surface area contributed by atoms with E-state index in [0.29, 0.717) is 28.3 Å². The van der Waals surface area contributed by atoms with E-state index in [1.165, 1.54) is 44.2 Å². The second kappa shape index (κ2) is 9.24. The third kappa shape index (κ3) is 5.23. The molecule has 0 fully saturated rings. The van der Waals surface area contributed by atoms with E-state index in [2.05, 4.69) is 5.32 Å². The normalized spacial score (nSPS) is 10.3. The van der Waals surface area contributed by atoms with Gasteiger partial charge in [-0.25, -0.2) is 4.39 Å². The van der Waals surface area contributed by atoms with Crippen LogP contribution in [0.5, 0.6) is 11.5 Å². The Morgan fingerprint density at radius 1 is 1.04 bits per heavy atom. The molecular weight excluding hydrogens is 357 g/mol. The number of ether oxygens (including phenoxy) is 2. The first-order valence-electron chi connectivity index (χ1n) is 7.83. The number of anilines is 1. The Morgan fingerprint density at radius 3 is 2.42 bits per heavy atom. The van der Waals surface area contributed by atoms with Crippen LogP contribution in [0.25, 0.3) is 0 Å². The molecule has 0 heterocycles. The van der Waals surface area contributed by atoms with Crippen LogP contribution in [0.1, 0.15) is 15.9 Å². The lowest BCUT2D eigenvalue weighted by molar-refractivity contribution is -0.113. The van der Waals surface area contributed by atoms with Gasteiger partial charge in [-0.15, -0.1) is 11.8 Å². The van der Waals surface area contributed by atoms with Crippen molar-refractivity contribution in [2.45, 2.75) is 6.92 Å². The summed E-state index contributed by atoms with van der Waals surface area (Å²) in [7, 11) is 3.05. The maximum Gasteiger partial charge on any atom is 0.234 e. The molecule has 5 nitrogen and oxygen atoms in total. The highest BCUT2D eigenvalue weighted by Gasteiger charge is 2.11. The minimum Gasteiger partial charge on any atom is -0.493 e. The molecule has 26 heavy (non-hydrogen) atoms. The number of thioether (sulfide) groups is 1. The van der Waals surface area contributed by atoms with Crippen molar-refractivity contribution in [2.24, 2.45) is 0 Å². The number of nitrogens with one attached hydrogen (secondary N) is 1. The Hall–Kier alpha value is -2.54. The first kappa shape index (κ1) is 19.8. The van der Waals surface area contributed by atoms with Gasteiger partial charge >= 0.3 is 0 Å². The summed E-state index contributed by atoms with van der Waals surface area (Å²) in [6, 6.07) is 9.31. The van der Waals surface area contributed by atoms with E-state index in [4.69, 9.17) is 9.47 Å². The van der Waals surface area contributed by atoms with E-state index in [-0.39, 0.29) is 29.0 Å². The molecule has 1 amide bonds. The van der Waals surface area contributed by atoms with Crippen LogP contribution in [-0.4, -0.2) is 37.4 Å². The van der Waals surface area contributed by atoms with E-state index >= 15 is 0 Å². The average Bonchev–Trinajstić information content (AvgIpc) is 2.63. The Kier molecular flexibility index (Phi) is 7.03. The van der Waals surface area contributed by atoms with E-state index in [9.17, 15) is 14.0 Å². The van der Waals surface area contributed by atoms with Gasteiger partial charge in [0.15, 0.2) is 17.3 Å². The van der Waals surface area contributed by atoms with Gasteiger partial charge in [0, 0.05) is 17.3 Å². The maximum atomic E-state index is 13.2. The number of hydrogen-bond acceptors (Lipinski definition) is 5. The quantitative estimate of drug-likeness (QED) is 0.711. The molecule has 0 aliphatic carbocycles. The third-order valence-corrected chi connectivity index (χ3v) is 4.55. The average molecular weight is 377 g/mol. The maximum absolute atomic E-state index is 13.2. The zero-order valence-corrected chi connectivity index (χ0v) is 15.6. The molecule has 0 unspecified atom stereocenters. The molecule has 2 aromatic rings. The summed E-state index contributed by atoms with van der Waals surface area (Å²) in [5.74, 6) is 0.635. The second-order valence-corrected chi connectivity index (χ2v) is 6.48. The third-order valence-electron chi connectivity index (χ3n) is 3.61.